The summed E-state index contributed by atoms with van der Waals surface area (Å²) in [5.41, 5.74) is -0.122. The van der Waals surface area contributed by atoms with Gasteiger partial charge in [-0.15, -0.1) is 0 Å². The smallest absolute Gasteiger partial charge is 0.410 e. The predicted octanol–water partition coefficient (Wildman–Crippen LogP) is 3.96. The van der Waals surface area contributed by atoms with E-state index in [0.717, 1.165) is 0 Å². The van der Waals surface area contributed by atoms with Crippen LogP contribution >= 0.6 is 15.9 Å². The quantitative estimate of drug-likeness (QED) is 0.826. The van der Waals surface area contributed by atoms with Crippen molar-refractivity contribution in [2.75, 3.05) is 7.05 Å². The summed E-state index contributed by atoms with van der Waals surface area (Å²) in [6.07, 6.45) is -0.474. The van der Waals surface area contributed by atoms with Crippen LogP contribution in [0.25, 0.3) is 0 Å². The minimum atomic E-state index is -0.558. The Morgan fingerprint density at radius 2 is 2.06 bits per heavy atom. The molecule has 0 spiro atoms. The SMILES string of the molecule is CN(Cc1c(F)cccc1Br)C(=O)OC(C)(C)C. The molecule has 100 valence electrons. The van der Waals surface area contributed by atoms with Crippen molar-refractivity contribution in [1.82, 2.24) is 4.90 Å². The van der Waals surface area contributed by atoms with Gasteiger partial charge >= 0.3 is 6.09 Å². The van der Waals surface area contributed by atoms with Gasteiger partial charge < -0.3 is 9.64 Å². The molecule has 0 bridgehead atoms. The standard InChI is InChI=1S/C13H17BrFNO2/c1-13(2,3)18-12(17)16(4)8-9-10(14)6-5-7-11(9)15/h5-7H,8H2,1-4H3. The average molecular weight is 318 g/mol. The molecular weight excluding hydrogens is 301 g/mol. The number of nitrogens with zero attached hydrogens (tertiary/aromatic N) is 1. The van der Waals surface area contributed by atoms with Crippen LogP contribution in [0.15, 0.2) is 22.7 Å². The Morgan fingerprint density at radius 1 is 1.44 bits per heavy atom. The van der Waals surface area contributed by atoms with Gasteiger partial charge in [-0.05, 0) is 32.9 Å². The number of amides is 1. The van der Waals surface area contributed by atoms with Crippen molar-refractivity contribution >= 4 is 22.0 Å². The highest BCUT2D eigenvalue weighted by atomic mass is 79.9. The van der Waals surface area contributed by atoms with Crippen LogP contribution in [-0.2, 0) is 11.3 Å². The third kappa shape index (κ3) is 4.29. The van der Waals surface area contributed by atoms with Crippen LogP contribution in [0.1, 0.15) is 26.3 Å². The highest BCUT2D eigenvalue weighted by Crippen LogP contribution is 2.21. The van der Waals surface area contributed by atoms with Crippen molar-refractivity contribution in [3.63, 3.8) is 0 Å². The molecule has 18 heavy (non-hydrogen) atoms. The average Bonchev–Trinajstić information content (AvgIpc) is 2.21. The van der Waals surface area contributed by atoms with Gasteiger partial charge in [-0.25, -0.2) is 9.18 Å². The molecule has 0 saturated heterocycles. The molecule has 0 N–H and O–H groups in total. The van der Waals surface area contributed by atoms with Gasteiger partial charge in [0.1, 0.15) is 11.4 Å². The molecule has 0 aliphatic heterocycles. The first-order valence-electron chi connectivity index (χ1n) is 5.57. The third-order valence-corrected chi connectivity index (χ3v) is 2.91. The Hall–Kier alpha value is -1.10. The number of benzene rings is 1. The third-order valence-electron chi connectivity index (χ3n) is 2.16. The van der Waals surface area contributed by atoms with Crippen LogP contribution in [0, 0.1) is 5.82 Å². The lowest BCUT2D eigenvalue weighted by Gasteiger charge is -2.25. The lowest BCUT2D eigenvalue weighted by Crippen LogP contribution is -2.34. The van der Waals surface area contributed by atoms with Gasteiger partial charge in [0, 0.05) is 17.1 Å². The molecule has 5 heteroatoms. The molecule has 0 saturated carbocycles. The maximum atomic E-state index is 13.6. The summed E-state index contributed by atoms with van der Waals surface area (Å²) in [5.74, 6) is -0.347. The predicted molar refractivity (Wildman–Crippen MR) is 71.8 cm³/mol. The minimum Gasteiger partial charge on any atom is -0.444 e. The summed E-state index contributed by atoms with van der Waals surface area (Å²) in [4.78, 5) is 13.1. The Bertz CT molecular complexity index is 423. The van der Waals surface area contributed by atoms with E-state index in [1.54, 1.807) is 40.0 Å². The summed E-state index contributed by atoms with van der Waals surface area (Å²) in [6.45, 7) is 5.52. The Kier molecular flexibility index (Phi) is 4.73. The first-order chi connectivity index (χ1) is 8.20. The molecule has 1 aromatic rings. The second-order valence-electron chi connectivity index (χ2n) is 5.04. The fraction of sp³-hybridized carbons (Fsp3) is 0.462. The van der Waals surface area contributed by atoms with E-state index >= 15 is 0 Å². The van der Waals surface area contributed by atoms with Crippen molar-refractivity contribution in [3.05, 3.63) is 34.1 Å². The summed E-state index contributed by atoms with van der Waals surface area (Å²) < 4.78 is 19.4. The minimum absolute atomic E-state index is 0.155. The molecular formula is C13H17BrFNO2. The molecule has 0 aromatic heterocycles. The van der Waals surface area contributed by atoms with Crippen LogP contribution in [0.3, 0.4) is 0 Å². The molecule has 0 fully saturated rings. The molecule has 0 aliphatic rings. The van der Waals surface area contributed by atoms with E-state index in [1.165, 1.54) is 11.0 Å². The monoisotopic (exact) mass is 317 g/mol. The maximum absolute atomic E-state index is 13.6. The van der Waals surface area contributed by atoms with Crippen LogP contribution in [0.5, 0.6) is 0 Å². The molecule has 0 aliphatic carbocycles. The fourth-order valence-corrected chi connectivity index (χ4v) is 1.79. The highest BCUT2D eigenvalue weighted by Gasteiger charge is 2.21. The summed E-state index contributed by atoms with van der Waals surface area (Å²) in [6, 6.07) is 4.71. The van der Waals surface area contributed by atoms with Gasteiger partial charge in [0.05, 0.1) is 6.54 Å². The zero-order chi connectivity index (χ0) is 13.9. The van der Waals surface area contributed by atoms with Crippen molar-refractivity contribution in [1.29, 1.82) is 0 Å². The number of halogens is 2. The van der Waals surface area contributed by atoms with Gasteiger partial charge in [0.2, 0.25) is 0 Å². The van der Waals surface area contributed by atoms with E-state index in [1.807, 2.05) is 0 Å². The number of ether oxygens (including phenoxy) is 1. The van der Waals surface area contributed by atoms with E-state index < -0.39 is 11.7 Å². The summed E-state index contributed by atoms with van der Waals surface area (Å²) >= 11 is 3.27. The molecule has 1 rings (SSSR count). The lowest BCUT2D eigenvalue weighted by molar-refractivity contribution is 0.0283. The van der Waals surface area contributed by atoms with E-state index in [2.05, 4.69) is 15.9 Å². The zero-order valence-corrected chi connectivity index (χ0v) is 12.5. The summed E-state index contributed by atoms with van der Waals surface area (Å²) in [7, 11) is 1.58. The van der Waals surface area contributed by atoms with Crippen LogP contribution in [0.2, 0.25) is 0 Å². The normalized spacial score (nSPS) is 11.2. The molecule has 0 atom stereocenters. The fourth-order valence-electron chi connectivity index (χ4n) is 1.32. The number of hydrogen-bond acceptors (Lipinski definition) is 2. The van der Waals surface area contributed by atoms with Gasteiger partial charge in [0.15, 0.2) is 0 Å². The van der Waals surface area contributed by atoms with Gasteiger partial charge in [-0.3, -0.25) is 0 Å². The molecule has 0 heterocycles. The Morgan fingerprint density at radius 3 is 2.56 bits per heavy atom. The van der Waals surface area contributed by atoms with Gasteiger partial charge in [-0.1, -0.05) is 22.0 Å². The van der Waals surface area contributed by atoms with E-state index in [-0.39, 0.29) is 12.4 Å². The number of carbonyl (C=O) groups is 1. The van der Waals surface area contributed by atoms with Crippen molar-refractivity contribution in [2.45, 2.75) is 32.9 Å². The first kappa shape index (κ1) is 15.0. The van der Waals surface area contributed by atoms with E-state index in [0.29, 0.717) is 10.0 Å². The molecule has 1 aromatic carbocycles. The zero-order valence-electron chi connectivity index (χ0n) is 11.0. The molecule has 0 unspecified atom stereocenters. The van der Waals surface area contributed by atoms with Crippen LogP contribution in [0.4, 0.5) is 9.18 Å². The largest absolute Gasteiger partial charge is 0.444 e. The van der Waals surface area contributed by atoms with Crippen molar-refractivity contribution < 1.29 is 13.9 Å². The number of carbonyl (C=O) groups excluding carboxylic acids is 1. The van der Waals surface area contributed by atoms with Crippen molar-refractivity contribution in [2.24, 2.45) is 0 Å². The number of rotatable bonds is 2. The highest BCUT2D eigenvalue weighted by molar-refractivity contribution is 9.10. The lowest BCUT2D eigenvalue weighted by atomic mass is 10.2. The maximum Gasteiger partial charge on any atom is 0.410 e. The Labute approximate surface area is 115 Å². The van der Waals surface area contributed by atoms with E-state index in [9.17, 15) is 9.18 Å². The number of hydrogen-bond donors (Lipinski definition) is 0. The molecule has 3 nitrogen and oxygen atoms in total. The second-order valence-corrected chi connectivity index (χ2v) is 5.89. The topological polar surface area (TPSA) is 29.5 Å². The molecule has 1 amide bonds. The van der Waals surface area contributed by atoms with E-state index in [4.69, 9.17) is 4.74 Å². The van der Waals surface area contributed by atoms with Crippen LogP contribution in [-0.4, -0.2) is 23.6 Å². The first-order valence-corrected chi connectivity index (χ1v) is 6.37. The molecule has 0 radical (unpaired) electrons. The van der Waals surface area contributed by atoms with Gasteiger partial charge in [0.25, 0.3) is 0 Å². The van der Waals surface area contributed by atoms with Crippen molar-refractivity contribution in [3.8, 4) is 0 Å². The van der Waals surface area contributed by atoms with Gasteiger partial charge in [-0.2, -0.15) is 0 Å². The Balaban J connectivity index is 2.76. The van der Waals surface area contributed by atoms with Crippen LogP contribution < -0.4 is 0 Å². The second kappa shape index (κ2) is 5.69. The summed E-state index contributed by atoms with van der Waals surface area (Å²) in [5, 5.41) is 0.